The zero-order valence-electron chi connectivity index (χ0n) is 10.5. The Morgan fingerprint density at radius 3 is 2.19 bits per heavy atom. The molecule has 0 heterocycles. The highest BCUT2D eigenvalue weighted by Crippen LogP contribution is 2.03. The molecule has 5 nitrogen and oxygen atoms in total. The van der Waals surface area contributed by atoms with Crippen LogP contribution in [0.1, 0.15) is 34.1 Å². The molecular weight excluding hydrogens is 208 g/mol. The molecule has 0 aliphatic carbocycles. The molecule has 0 aromatic heterocycles. The van der Waals surface area contributed by atoms with E-state index in [1.54, 1.807) is 18.7 Å². The molecule has 0 aliphatic heterocycles. The Bertz CT molecular complexity index is 241. The normalized spacial score (nSPS) is 12.3. The molecule has 0 aromatic rings. The maximum atomic E-state index is 11.7. The second-order valence-electron chi connectivity index (χ2n) is 4.09. The lowest BCUT2D eigenvalue weighted by Crippen LogP contribution is -2.50. The van der Waals surface area contributed by atoms with Crippen molar-refractivity contribution in [3.63, 3.8) is 0 Å². The van der Waals surface area contributed by atoms with E-state index in [9.17, 15) is 9.59 Å². The van der Waals surface area contributed by atoms with E-state index in [-0.39, 0.29) is 11.9 Å². The number of carbonyl (C=O) groups is 2. The number of hydrogen-bond donors (Lipinski definition) is 2. The summed E-state index contributed by atoms with van der Waals surface area (Å²) in [4.78, 5) is 24.3. The molecule has 0 aromatic carbocycles. The van der Waals surface area contributed by atoms with E-state index >= 15 is 0 Å². The van der Waals surface area contributed by atoms with Gasteiger partial charge in [0.05, 0.1) is 0 Å². The quantitative estimate of drug-likeness (QED) is 0.727. The van der Waals surface area contributed by atoms with Crippen LogP contribution < -0.4 is 5.32 Å². The molecule has 0 aliphatic rings. The van der Waals surface area contributed by atoms with E-state index in [1.807, 2.05) is 13.8 Å². The highest BCUT2D eigenvalue weighted by atomic mass is 16.4. The fourth-order valence-electron chi connectivity index (χ4n) is 1.41. The SMILES string of the molecule is CCCN(CC)C(=O)N[C@H](C(=O)O)C(C)C. The number of hydrogen-bond acceptors (Lipinski definition) is 2. The third-order valence-electron chi connectivity index (χ3n) is 2.37. The molecule has 94 valence electrons. The molecule has 5 heteroatoms. The van der Waals surface area contributed by atoms with Gasteiger partial charge in [0.1, 0.15) is 6.04 Å². The van der Waals surface area contributed by atoms with Crippen LogP contribution in [0.15, 0.2) is 0 Å². The van der Waals surface area contributed by atoms with Crippen LogP contribution in [0.5, 0.6) is 0 Å². The van der Waals surface area contributed by atoms with Crippen molar-refractivity contribution in [3.05, 3.63) is 0 Å². The molecule has 1 atom stereocenters. The summed E-state index contributed by atoms with van der Waals surface area (Å²) in [6, 6.07) is -1.12. The number of aliphatic carboxylic acids is 1. The Balaban J connectivity index is 4.43. The largest absolute Gasteiger partial charge is 0.480 e. The maximum Gasteiger partial charge on any atom is 0.326 e. The van der Waals surface area contributed by atoms with E-state index in [2.05, 4.69) is 5.32 Å². The summed E-state index contributed by atoms with van der Waals surface area (Å²) >= 11 is 0. The molecule has 0 spiro atoms. The van der Waals surface area contributed by atoms with Crippen LogP contribution in [0.25, 0.3) is 0 Å². The molecule has 2 N–H and O–H groups in total. The van der Waals surface area contributed by atoms with Gasteiger partial charge in [0.2, 0.25) is 0 Å². The summed E-state index contributed by atoms with van der Waals surface area (Å²) in [5.74, 6) is -1.11. The van der Waals surface area contributed by atoms with Gasteiger partial charge in [0.25, 0.3) is 0 Å². The Hall–Kier alpha value is -1.26. The molecule has 0 fully saturated rings. The van der Waals surface area contributed by atoms with Crippen LogP contribution in [0, 0.1) is 5.92 Å². The lowest BCUT2D eigenvalue weighted by atomic mass is 10.1. The summed E-state index contributed by atoms with van der Waals surface area (Å²) in [6.07, 6.45) is 0.862. The van der Waals surface area contributed by atoms with Gasteiger partial charge in [0.15, 0.2) is 0 Å². The number of carboxylic acid groups (broad SMARTS) is 1. The molecular formula is C11H22N2O3. The van der Waals surface area contributed by atoms with Gasteiger partial charge < -0.3 is 15.3 Å². The molecule has 0 rings (SSSR count). The number of nitrogens with zero attached hydrogens (tertiary/aromatic N) is 1. The summed E-state index contributed by atoms with van der Waals surface area (Å²) in [6.45, 7) is 8.63. The van der Waals surface area contributed by atoms with Crippen LogP contribution in [-0.2, 0) is 4.79 Å². The van der Waals surface area contributed by atoms with E-state index in [4.69, 9.17) is 5.11 Å². The van der Waals surface area contributed by atoms with Crippen molar-refractivity contribution < 1.29 is 14.7 Å². The monoisotopic (exact) mass is 230 g/mol. The molecule has 0 saturated carbocycles. The van der Waals surface area contributed by atoms with Gasteiger partial charge in [-0.05, 0) is 19.3 Å². The third kappa shape index (κ3) is 4.51. The van der Waals surface area contributed by atoms with Crippen molar-refractivity contribution in [2.45, 2.75) is 40.2 Å². The predicted octanol–water partition coefficient (Wildman–Crippen LogP) is 1.54. The van der Waals surface area contributed by atoms with E-state index < -0.39 is 12.0 Å². The first-order valence-electron chi connectivity index (χ1n) is 5.72. The topological polar surface area (TPSA) is 69.6 Å². The van der Waals surface area contributed by atoms with Gasteiger partial charge in [0, 0.05) is 13.1 Å². The van der Waals surface area contributed by atoms with Crippen LogP contribution in [-0.4, -0.2) is 41.1 Å². The first-order chi connectivity index (χ1) is 7.43. The van der Waals surface area contributed by atoms with Gasteiger partial charge in [-0.2, -0.15) is 0 Å². The fraction of sp³-hybridized carbons (Fsp3) is 0.818. The van der Waals surface area contributed by atoms with Crippen LogP contribution >= 0.6 is 0 Å². The first kappa shape index (κ1) is 14.7. The molecule has 0 bridgehead atoms. The Kier molecular flexibility index (Phi) is 6.53. The van der Waals surface area contributed by atoms with Crippen molar-refractivity contribution in [2.24, 2.45) is 5.92 Å². The van der Waals surface area contributed by atoms with Gasteiger partial charge in [-0.15, -0.1) is 0 Å². The van der Waals surface area contributed by atoms with E-state index in [1.165, 1.54) is 0 Å². The molecule has 16 heavy (non-hydrogen) atoms. The van der Waals surface area contributed by atoms with Gasteiger partial charge in [-0.1, -0.05) is 20.8 Å². The number of rotatable bonds is 6. The van der Waals surface area contributed by atoms with Crippen molar-refractivity contribution in [1.82, 2.24) is 10.2 Å². The van der Waals surface area contributed by atoms with Gasteiger partial charge in [-0.3, -0.25) is 0 Å². The van der Waals surface area contributed by atoms with Crippen molar-refractivity contribution in [2.75, 3.05) is 13.1 Å². The lowest BCUT2D eigenvalue weighted by Gasteiger charge is -2.25. The molecule has 0 radical (unpaired) electrons. The van der Waals surface area contributed by atoms with E-state index in [0.717, 1.165) is 6.42 Å². The van der Waals surface area contributed by atoms with Gasteiger partial charge in [-0.25, -0.2) is 9.59 Å². The Labute approximate surface area is 96.8 Å². The van der Waals surface area contributed by atoms with Crippen molar-refractivity contribution in [3.8, 4) is 0 Å². The van der Waals surface area contributed by atoms with Crippen molar-refractivity contribution >= 4 is 12.0 Å². The second-order valence-corrected chi connectivity index (χ2v) is 4.09. The molecule has 0 saturated heterocycles. The standard InChI is InChI=1S/C11H22N2O3/c1-5-7-13(6-2)11(16)12-9(8(3)4)10(14)15/h8-9H,5-7H2,1-4H3,(H,12,16)(H,14,15)/t9-/m0/s1. The maximum absolute atomic E-state index is 11.7. The third-order valence-corrected chi connectivity index (χ3v) is 2.37. The van der Waals surface area contributed by atoms with Crippen LogP contribution in [0.2, 0.25) is 0 Å². The zero-order valence-corrected chi connectivity index (χ0v) is 10.5. The number of amides is 2. The lowest BCUT2D eigenvalue weighted by molar-refractivity contribution is -0.140. The highest BCUT2D eigenvalue weighted by Gasteiger charge is 2.25. The number of urea groups is 1. The van der Waals surface area contributed by atoms with Crippen molar-refractivity contribution in [1.29, 1.82) is 0 Å². The smallest absolute Gasteiger partial charge is 0.326 e. The van der Waals surface area contributed by atoms with Crippen LogP contribution in [0.4, 0.5) is 4.79 Å². The minimum Gasteiger partial charge on any atom is -0.480 e. The Morgan fingerprint density at radius 1 is 1.31 bits per heavy atom. The highest BCUT2D eigenvalue weighted by molar-refractivity contribution is 5.82. The Morgan fingerprint density at radius 2 is 1.88 bits per heavy atom. The number of nitrogens with one attached hydrogen (secondary N) is 1. The number of carbonyl (C=O) groups excluding carboxylic acids is 1. The average molecular weight is 230 g/mol. The fourth-order valence-corrected chi connectivity index (χ4v) is 1.41. The first-order valence-corrected chi connectivity index (χ1v) is 5.72. The minimum atomic E-state index is -0.990. The summed E-state index contributed by atoms with van der Waals surface area (Å²) in [5.41, 5.74) is 0. The summed E-state index contributed by atoms with van der Waals surface area (Å²) in [5, 5.41) is 11.5. The predicted molar refractivity (Wildman–Crippen MR) is 62.3 cm³/mol. The van der Waals surface area contributed by atoms with Gasteiger partial charge >= 0.3 is 12.0 Å². The summed E-state index contributed by atoms with van der Waals surface area (Å²) in [7, 11) is 0. The molecule has 2 amide bonds. The minimum absolute atomic E-state index is 0.123. The average Bonchev–Trinajstić information content (AvgIpc) is 2.21. The van der Waals surface area contributed by atoms with E-state index in [0.29, 0.717) is 13.1 Å². The zero-order chi connectivity index (χ0) is 12.7. The summed E-state index contributed by atoms with van der Waals surface area (Å²) < 4.78 is 0. The second kappa shape index (κ2) is 7.09. The molecule has 0 unspecified atom stereocenters. The van der Waals surface area contributed by atoms with Crippen LogP contribution in [0.3, 0.4) is 0 Å². The number of carboxylic acids is 1.